The van der Waals surface area contributed by atoms with Crippen molar-refractivity contribution in [2.75, 3.05) is 13.2 Å². The highest BCUT2D eigenvalue weighted by Gasteiger charge is 2.31. The Bertz CT molecular complexity index is 1110. The van der Waals surface area contributed by atoms with Gasteiger partial charge < -0.3 is 14.5 Å². The number of benzene rings is 1. The maximum Gasteiger partial charge on any atom is 0.355 e. The first-order valence-electron chi connectivity index (χ1n) is 9.75. The number of nitrogens with one attached hydrogen (secondary N) is 1. The summed E-state index contributed by atoms with van der Waals surface area (Å²) in [7, 11) is 0. The quantitative estimate of drug-likeness (QED) is 0.368. The SMILES string of the molecule is CCCc1c(C(=O)OCC)sc2[nH]c(C(=O)OCC)c(C(=O)c3ccccc3Cl)c12. The number of aromatic amines is 1. The summed E-state index contributed by atoms with van der Waals surface area (Å²) in [6.45, 7) is 5.83. The minimum Gasteiger partial charge on any atom is -0.462 e. The minimum atomic E-state index is -0.628. The molecular weight excluding hydrogens is 426 g/mol. The number of ketones is 1. The summed E-state index contributed by atoms with van der Waals surface area (Å²) in [5, 5.41) is 0.836. The monoisotopic (exact) mass is 447 g/mol. The summed E-state index contributed by atoms with van der Waals surface area (Å²) in [5.74, 6) is -1.47. The lowest BCUT2D eigenvalue weighted by molar-refractivity contribution is 0.0514. The van der Waals surface area contributed by atoms with E-state index in [9.17, 15) is 14.4 Å². The first-order chi connectivity index (χ1) is 14.4. The summed E-state index contributed by atoms with van der Waals surface area (Å²) in [4.78, 5) is 42.6. The zero-order valence-corrected chi connectivity index (χ0v) is 18.5. The summed E-state index contributed by atoms with van der Waals surface area (Å²) < 4.78 is 10.4. The van der Waals surface area contributed by atoms with E-state index >= 15 is 0 Å². The Hall–Kier alpha value is -2.64. The van der Waals surface area contributed by atoms with Crippen LogP contribution in [0.1, 0.15) is 68.8 Å². The number of hydrogen-bond donors (Lipinski definition) is 1. The lowest BCUT2D eigenvalue weighted by atomic mass is 9.97. The van der Waals surface area contributed by atoms with E-state index in [1.54, 1.807) is 38.1 Å². The molecule has 0 spiro atoms. The maximum absolute atomic E-state index is 13.5. The number of aryl methyl sites for hydroxylation is 1. The van der Waals surface area contributed by atoms with E-state index in [-0.39, 0.29) is 35.1 Å². The number of carbonyl (C=O) groups is 3. The first-order valence-corrected chi connectivity index (χ1v) is 10.9. The van der Waals surface area contributed by atoms with Gasteiger partial charge in [-0.1, -0.05) is 37.1 Å². The molecule has 1 aromatic carbocycles. The number of esters is 2. The van der Waals surface area contributed by atoms with Gasteiger partial charge in [-0.2, -0.15) is 0 Å². The minimum absolute atomic E-state index is 0.0655. The molecule has 0 aliphatic rings. The standard InChI is InChI=1S/C22H22ClNO5S/c1-4-9-13-15-16(18(25)12-10-7-8-11-14(12)23)17(21(26)28-5-2)24-20(15)30-19(13)22(27)29-6-3/h7-8,10-11,24H,4-6,9H2,1-3H3. The Balaban J connectivity index is 2.31. The highest BCUT2D eigenvalue weighted by Crippen LogP contribution is 2.38. The van der Waals surface area contributed by atoms with Crippen LogP contribution in [0.2, 0.25) is 5.02 Å². The molecule has 0 aliphatic carbocycles. The fourth-order valence-corrected chi connectivity index (χ4v) is 4.71. The number of fused-ring (bicyclic) bond motifs is 1. The Kier molecular flexibility index (Phi) is 6.95. The highest BCUT2D eigenvalue weighted by atomic mass is 35.5. The van der Waals surface area contributed by atoms with Crippen LogP contribution in [-0.4, -0.2) is 35.9 Å². The van der Waals surface area contributed by atoms with Crippen molar-refractivity contribution in [3.05, 3.63) is 56.5 Å². The molecule has 0 unspecified atom stereocenters. The molecule has 2 heterocycles. The molecule has 0 aliphatic heterocycles. The van der Waals surface area contributed by atoms with Gasteiger partial charge in [0.25, 0.3) is 0 Å². The van der Waals surface area contributed by atoms with E-state index in [0.717, 1.165) is 6.42 Å². The van der Waals surface area contributed by atoms with Gasteiger partial charge in [-0.15, -0.1) is 11.3 Å². The van der Waals surface area contributed by atoms with Gasteiger partial charge >= 0.3 is 11.9 Å². The van der Waals surface area contributed by atoms with Crippen molar-refractivity contribution in [3.8, 4) is 0 Å². The number of thiophene rings is 1. The van der Waals surface area contributed by atoms with Crippen LogP contribution >= 0.6 is 22.9 Å². The second-order valence-corrected chi connectivity index (χ2v) is 7.92. The van der Waals surface area contributed by atoms with E-state index in [4.69, 9.17) is 21.1 Å². The third-order valence-electron chi connectivity index (χ3n) is 4.53. The molecule has 6 nitrogen and oxygen atoms in total. The van der Waals surface area contributed by atoms with Gasteiger partial charge in [0.15, 0.2) is 5.78 Å². The summed E-state index contributed by atoms with van der Waals surface area (Å²) >= 11 is 7.44. The predicted molar refractivity (Wildman–Crippen MR) is 117 cm³/mol. The molecule has 30 heavy (non-hydrogen) atoms. The van der Waals surface area contributed by atoms with Crippen molar-refractivity contribution in [2.45, 2.75) is 33.6 Å². The van der Waals surface area contributed by atoms with Gasteiger partial charge in [0, 0.05) is 10.9 Å². The van der Waals surface area contributed by atoms with Crippen LogP contribution in [0.15, 0.2) is 24.3 Å². The average molecular weight is 448 g/mol. The summed E-state index contributed by atoms with van der Waals surface area (Å²) in [6.07, 6.45) is 1.30. The van der Waals surface area contributed by atoms with E-state index in [2.05, 4.69) is 4.98 Å². The molecular formula is C22H22ClNO5S. The third-order valence-corrected chi connectivity index (χ3v) is 5.99. The summed E-state index contributed by atoms with van der Waals surface area (Å²) in [6, 6.07) is 6.66. The molecule has 0 bridgehead atoms. The van der Waals surface area contributed by atoms with Gasteiger partial charge in [-0.25, -0.2) is 9.59 Å². The Morgan fingerprint density at radius 2 is 1.70 bits per heavy atom. The van der Waals surface area contributed by atoms with Crippen molar-refractivity contribution in [2.24, 2.45) is 0 Å². The van der Waals surface area contributed by atoms with E-state index in [1.165, 1.54) is 11.3 Å². The zero-order valence-electron chi connectivity index (χ0n) is 17.0. The lowest BCUT2D eigenvalue weighted by Crippen LogP contribution is -2.13. The number of ether oxygens (including phenoxy) is 2. The predicted octanol–water partition coefficient (Wildman–Crippen LogP) is 5.42. The fraction of sp³-hybridized carbons (Fsp3) is 0.318. The fourth-order valence-electron chi connectivity index (χ4n) is 3.33. The third kappa shape index (κ3) is 4.00. The molecule has 2 aromatic heterocycles. The van der Waals surface area contributed by atoms with Crippen LogP contribution in [0.3, 0.4) is 0 Å². The molecule has 8 heteroatoms. The second-order valence-electron chi connectivity index (χ2n) is 6.49. The topological polar surface area (TPSA) is 85.5 Å². The van der Waals surface area contributed by atoms with Crippen molar-refractivity contribution >= 4 is 50.9 Å². The normalized spacial score (nSPS) is 10.9. The van der Waals surface area contributed by atoms with Crippen LogP contribution in [0.25, 0.3) is 10.2 Å². The van der Waals surface area contributed by atoms with Crippen molar-refractivity contribution in [3.63, 3.8) is 0 Å². The Morgan fingerprint density at radius 1 is 1.03 bits per heavy atom. The molecule has 0 saturated heterocycles. The molecule has 3 rings (SSSR count). The molecule has 0 amide bonds. The van der Waals surface area contributed by atoms with Crippen LogP contribution in [-0.2, 0) is 15.9 Å². The van der Waals surface area contributed by atoms with Gasteiger partial charge in [-0.05, 0) is 38.0 Å². The van der Waals surface area contributed by atoms with Gasteiger partial charge in [0.2, 0.25) is 0 Å². The Morgan fingerprint density at radius 3 is 2.33 bits per heavy atom. The van der Waals surface area contributed by atoms with Gasteiger partial charge in [0.05, 0.1) is 23.8 Å². The molecule has 0 atom stereocenters. The van der Waals surface area contributed by atoms with Crippen molar-refractivity contribution in [1.82, 2.24) is 4.98 Å². The van der Waals surface area contributed by atoms with Crippen LogP contribution in [0.4, 0.5) is 0 Å². The van der Waals surface area contributed by atoms with E-state index in [0.29, 0.717) is 27.1 Å². The van der Waals surface area contributed by atoms with Gasteiger partial charge in [-0.3, -0.25) is 4.79 Å². The molecule has 158 valence electrons. The number of hydrogen-bond acceptors (Lipinski definition) is 6. The molecule has 1 N–H and O–H groups in total. The Labute approximate surface area is 183 Å². The lowest BCUT2D eigenvalue weighted by Gasteiger charge is -2.08. The highest BCUT2D eigenvalue weighted by molar-refractivity contribution is 7.20. The van der Waals surface area contributed by atoms with Crippen LogP contribution in [0, 0.1) is 0 Å². The van der Waals surface area contributed by atoms with Gasteiger partial charge in [0.1, 0.15) is 15.4 Å². The first kappa shape index (κ1) is 22.1. The number of H-pyrrole nitrogens is 1. The van der Waals surface area contributed by atoms with E-state index < -0.39 is 17.7 Å². The number of carbonyl (C=O) groups excluding carboxylic acids is 3. The molecule has 0 radical (unpaired) electrons. The number of aromatic nitrogens is 1. The number of halogens is 1. The largest absolute Gasteiger partial charge is 0.462 e. The van der Waals surface area contributed by atoms with Crippen molar-refractivity contribution < 1.29 is 23.9 Å². The smallest absolute Gasteiger partial charge is 0.355 e. The van der Waals surface area contributed by atoms with Crippen LogP contribution < -0.4 is 0 Å². The molecule has 0 saturated carbocycles. The van der Waals surface area contributed by atoms with E-state index in [1.807, 2.05) is 6.92 Å². The molecule has 0 fully saturated rings. The number of rotatable bonds is 8. The van der Waals surface area contributed by atoms with Crippen LogP contribution in [0.5, 0.6) is 0 Å². The average Bonchev–Trinajstić information content (AvgIpc) is 3.25. The maximum atomic E-state index is 13.5. The molecule has 3 aromatic rings. The van der Waals surface area contributed by atoms with Crippen molar-refractivity contribution in [1.29, 1.82) is 0 Å². The summed E-state index contributed by atoms with van der Waals surface area (Å²) in [5.41, 5.74) is 1.21. The zero-order chi connectivity index (χ0) is 21.8. The second kappa shape index (κ2) is 9.45.